The quantitative estimate of drug-likeness (QED) is 0.646. The number of pyridine rings is 1. The van der Waals surface area contributed by atoms with Crippen LogP contribution in [0.15, 0.2) is 24.5 Å². The molecule has 0 bridgehead atoms. The van der Waals surface area contributed by atoms with Crippen LogP contribution in [0.3, 0.4) is 0 Å². The van der Waals surface area contributed by atoms with Crippen molar-refractivity contribution in [2.45, 2.75) is 24.9 Å². The highest BCUT2D eigenvalue weighted by molar-refractivity contribution is 5.15. The van der Waals surface area contributed by atoms with Gasteiger partial charge in [-0.25, -0.2) is 5.43 Å². The van der Waals surface area contributed by atoms with E-state index in [0.717, 1.165) is 19.4 Å². The molecule has 0 spiro atoms. The normalized spacial score (nSPS) is 26.6. The van der Waals surface area contributed by atoms with Gasteiger partial charge in [0.25, 0.3) is 0 Å². The van der Waals surface area contributed by atoms with Gasteiger partial charge in [-0.1, -0.05) is 6.07 Å². The third-order valence-corrected chi connectivity index (χ3v) is 2.58. The van der Waals surface area contributed by atoms with Gasteiger partial charge in [-0.15, -0.1) is 0 Å². The van der Waals surface area contributed by atoms with Crippen LogP contribution in [0.4, 0.5) is 0 Å². The molecule has 14 heavy (non-hydrogen) atoms. The van der Waals surface area contributed by atoms with Crippen LogP contribution in [0, 0.1) is 0 Å². The van der Waals surface area contributed by atoms with Gasteiger partial charge in [-0.3, -0.25) is 10.4 Å². The van der Waals surface area contributed by atoms with Crippen molar-refractivity contribution in [3.8, 4) is 0 Å². The average molecular weight is 192 g/mol. The van der Waals surface area contributed by atoms with Crippen LogP contribution in [-0.4, -0.2) is 17.6 Å². The molecule has 1 aromatic rings. The Kier molecular flexibility index (Phi) is 3.08. The zero-order valence-corrected chi connectivity index (χ0v) is 8.11. The Morgan fingerprint density at radius 1 is 1.50 bits per heavy atom. The highest BCUT2D eigenvalue weighted by Crippen LogP contribution is 2.21. The zero-order valence-electron chi connectivity index (χ0n) is 8.11. The van der Waals surface area contributed by atoms with Gasteiger partial charge in [-0.2, -0.15) is 0 Å². The molecule has 4 heteroatoms. The summed E-state index contributed by atoms with van der Waals surface area (Å²) in [6.45, 7) is 0.735. The Balaban J connectivity index is 1.96. The summed E-state index contributed by atoms with van der Waals surface area (Å²) < 4.78 is 0. The van der Waals surface area contributed by atoms with Gasteiger partial charge in [0.2, 0.25) is 0 Å². The van der Waals surface area contributed by atoms with E-state index in [1.54, 1.807) is 6.20 Å². The highest BCUT2D eigenvalue weighted by Gasteiger charge is 2.23. The van der Waals surface area contributed by atoms with Crippen LogP contribution in [0.2, 0.25) is 0 Å². The lowest BCUT2D eigenvalue weighted by Gasteiger charge is -2.08. The van der Waals surface area contributed by atoms with Crippen molar-refractivity contribution < 1.29 is 0 Å². The minimum Gasteiger partial charge on any atom is -0.330 e. The number of hydrogen-bond donors (Lipinski definition) is 3. The molecular formula is C10H16N4. The lowest BCUT2D eigenvalue weighted by atomic mass is 10.0. The van der Waals surface area contributed by atoms with E-state index < -0.39 is 0 Å². The fraction of sp³-hybridized carbons (Fsp3) is 0.500. The molecule has 4 N–H and O–H groups in total. The summed E-state index contributed by atoms with van der Waals surface area (Å²) in [6.07, 6.45) is 5.81. The predicted octanol–water partition coefficient (Wildman–Crippen LogP) is 0.338. The maximum atomic E-state index is 5.51. The molecule has 2 atom stereocenters. The van der Waals surface area contributed by atoms with E-state index in [4.69, 9.17) is 5.73 Å². The lowest BCUT2D eigenvalue weighted by Crippen LogP contribution is -2.32. The Morgan fingerprint density at radius 2 is 2.43 bits per heavy atom. The van der Waals surface area contributed by atoms with Gasteiger partial charge in [0, 0.05) is 24.5 Å². The van der Waals surface area contributed by atoms with E-state index >= 15 is 0 Å². The number of rotatable bonds is 3. The number of nitrogens with one attached hydrogen (secondary N) is 2. The number of nitrogens with zero attached hydrogens (tertiary/aromatic N) is 1. The van der Waals surface area contributed by atoms with Gasteiger partial charge in [0.1, 0.15) is 0 Å². The van der Waals surface area contributed by atoms with Crippen LogP contribution in [0.25, 0.3) is 0 Å². The molecule has 2 unspecified atom stereocenters. The first kappa shape index (κ1) is 9.58. The largest absolute Gasteiger partial charge is 0.330 e. The van der Waals surface area contributed by atoms with Gasteiger partial charge in [0.05, 0.1) is 0 Å². The summed E-state index contributed by atoms with van der Waals surface area (Å²) >= 11 is 0. The van der Waals surface area contributed by atoms with Crippen molar-refractivity contribution in [3.63, 3.8) is 0 Å². The first-order valence-electron chi connectivity index (χ1n) is 5.01. The summed E-state index contributed by atoms with van der Waals surface area (Å²) in [7, 11) is 0. The zero-order chi connectivity index (χ0) is 9.80. The van der Waals surface area contributed by atoms with Crippen molar-refractivity contribution >= 4 is 0 Å². The molecule has 0 saturated carbocycles. The molecular weight excluding hydrogens is 176 g/mol. The van der Waals surface area contributed by atoms with Crippen molar-refractivity contribution in [1.29, 1.82) is 0 Å². The molecule has 0 radical (unpaired) electrons. The second-order valence-electron chi connectivity index (χ2n) is 3.64. The fourth-order valence-corrected chi connectivity index (χ4v) is 1.81. The van der Waals surface area contributed by atoms with Crippen LogP contribution in [0.5, 0.6) is 0 Å². The number of nitrogens with two attached hydrogens (primary N) is 1. The van der Waals surface area contributed by atoms with Crippen LogP contribution < -0.4 is 16.6 Å². The molecule has 1 fully saturated rings. The average Bonchev–Trinajstić information content (AvgIpc) is 2.68. The topological polar surface area (TPSA) is 63.0 Å². The highest BCUT2D eigenvalue weighted by atomic mass is 15.4. The Bertz CT molecular complexity index is 275. The molecule has 76 valence electrons. The van der Waals surface area contributed by atoms with E-state index in [2.05, 4.69) is 21.9 Å². The first-order chi connectivity index (χ1) is 6.90. The summed E-state index contributed by atoms with van der Waals surface area (Å²) in [4.78, 5) is 4.11. The molecule has 0 aliphatic carbocycles. The number of hydrazine groups is 1. The molecule has 0 amide bonds. The molecule has 1 aliphatic rings. The fourth-order valence-electron chi connectivity index (χ4n) is 1.81. The lowest BCUT2D eigenvalue weighted by molar-refractivity contribution is 0.521. The molecule has 2 rings (SSSR count). The van der Waals surface area contributed by atoms with Gasteiger partial charge < -0.3 is 5.73 Å². The summed E-state index contributed by atoms with van der Waals surface area (Å²) in [5.41, 5.74) is 13.3. The van der Waals surface area contributed by atoms with E-state index in [9.17, 15) is 0 Å². The van der Waals surface area contributed by atoms with Crippen molar-refractivity contribution in [3.05, 3.63) is 30.1 Å². The maximum Gasteiger partial charge on any atom is 0.0493 e. The van der Waals surface area contributed by atoms with E-state index in [1.165, 1.54) is 5.56 Å². The monoisotopic (exact) mass is 192 g/mol. The molecule has 0 aromatic carbocycles. The standard InChI is InChI=1S/C10H16N4/c11-4-3-9-6-10(14-13-9)8-2-1-5-12-7-8/h1-2,5,7,9-10,13-14H,3-4,6,11H2. The van der Waals surface area contributed by atoms with E-state index in [0.29, 0.717) is 12.1 Å². The molecule has 4 nitrogen and oxygen atoms in total. The third kappa shape index (κ3) is 2.09. The van der Waals surface area contributed by atoms with E-state index in [-0.39, 0.29) is 0 Å². The van der Waals surface area contributed by atoms with Crippen LogP contribution in [0.1, 0.15) is 24.4 Å². The van der Waals surface area contributed by atoms with Gasteiger partial charge >= 0.3 is 0 Å². The Labute approximate surface area is 83.9 Å². The summed E-state index contributed by atoms with van der Waals surface area (Å²) in [6, 6.07) is 4.93. The minimum atomic E-state index is 0.375. The van der Waals surface area contributed by atoms with E-state index in [1.807, 2.05) is 12.3 Å². The first-order valence-corrected chi connectivity index (χ1v) is 5.01. The summed E-state index contributed by atoms with van der Waals surface area (Å²) in [5.74, 6) is 0. The van der Waals surface area contributed by atoms with Gasteiger partial charge in [0.15, 0.2) is 0 Å². The van der Waals surface area contributed by atoms with Crippen molar-refractivity contribution in [2.75, 3.05) is 6.54 Å². The Hall–Kier alpha value is -0.970. The second-order valence-corrected chi connectivity index (χ2v) is 3.64. The minimum absolute atomic E-state index is 0.375. The third-order valence-electron chi connectivity index (χ3n) is 2.58. The van der Waals surface area contributed by atoms with Crippen molar-refractivity contribution in [2.24, 2.45) is 5.73 Å². The predicted molar refractivity (Wildman–Crippen MR) is 55.3 cm³/mol. The number of hydrogen-bond acceptors (Lipinski definition) is 4. The van der Waals surface area contributed by atoms with Gasteiger partial charge in [-0.05, 0) is 31.0 Å². The number of aromatic nitrogens is 1. The van der Waals surface area contributed by atoms with Crippen LogP contribution >= 0.6 is 0 Å². The molecule has 1 saturated heterocycles. The van der Waals surface area contributed by atoms with Crippen molar-refractivity contribution in [1.82, 2.24) is 15.8 Å². The SMILES string of the molecule is NCCC1CC(c2cccnc2)NN1. The second kappa shape index (κ2) is 4.50. The molecule has 2 heterocycles. The molecule has 1 aromatic heterocycles. The maximum absolute atomic E-state index is 5.51. The summed E-state index contributed by atoms with van der Waals surface area (Å²) in [5, 5.41) is 0. The molecule has 1 aliphatic heterocycles. The Morgan fingerprint density at radius 3 is 3.14 bits per heavy atom. The smallest absolute Gasteiger partial charge is 0.0493 e. The van der Waals surface area contributed by atoms with Crippen LogP contribution in [-0.2, 0) is 0 Å².